The Morgan fingerprint density at radius 2 is 1.97 bits per heavy atom. The number of benzene rings is 2. The van der Waals surface area contributed by atoms with Crippen molar-refractivity contribution in [3.05, 3.63) is 65.4 Å². The first kappa shape index (κ1) is 24.2. The van der Waals surface area contributed by atoms with Crippen molar-refractivity contribution >= 4 is 38.6 Å². The number of methoxy groups -OCH3 is 2. The van der Waals surface area contributed by atoms with Gasteiger partial charge >= 0.3 is 5.97 Å². The highest BCUT2D eigenvalue weighted by atomic mass is 32.2. The van der Waals surface area contributed by atoms with E-state index in [1.165, 1.54) is 26.4 Å². The number of rotatable bonds is 7. The highest BCUT2D eigenvalue weighted by Gasteiger charge is 2.38. The van der Waals surface area contributed by atoms with Gasteiger partial charge in [0.1, 0.15) is 5.75 Å². The Hall–Kier alpha value is -2.98. The minimum atomic E-state index is -3.81. The van der Waals surface area contributed by atoms with Crippen LogP contribution < -0.4 is 9.46 Å². The fourth-order valence-corrected chi connectivity index (χ4v) is 6.14. The van der Waals surface area contributed by atoms with Gasteiger partial charge in [0, 0.05) is 18.0 Å². The third-order valence-electron chi connectivity index (χ3n) is 5.71. The Morgan fingerprint density at radius 3 is 2.65 bits per heavy atom. The Bertz CT molecular complexity index is 1240. The average Bonchev–Trinajstić information content (AvgIpc) is 2.86. The Kier molecular flexibility index (Phi) is 7.18. The lowest BCUT2D eigenvalue weighted by atomic mass is 9.93. The fraction of sp³-hybridized carbons (Fsp3) is 0.333. The molecule has 8 nitrogen and oxygen atoms in total. The van der Waals surface area contributed by atoms with E-state index in [1.807, 2.05) is 13.0 Å². The van der Waals surface area contributed by atoms with Crippen LogP contribution in [0, 0.1) is 0 Å². The summed E-state index contributed by atoms with van der Waals surface area (Å²) in [4.78, 5) is 19.8. The summed E-state index contributed by atoms with van der Waals surface area (Å²) in [5.41, 5.74) is 2.38. The molecular formula is C24H27N3O5S2. The molecule has 0 spiro atoms. The summed E-state index contributed by atoms with van der Waals surface area (Å²) < 4.78 is 38.8. The van der Waals surface area contributed by atoms with Crippen molar-refractivity contribution in [3.63, 3.8) is 0 Å². The number of carbonyl (C=O) groups is 1. The molecule has 1 fully saturated rings. The highest BCUT2D eigenvalue weighted by Crippen LogP contribution is 2.41. The van der Waals surface area contributed by atoms with Crippen molar-refractivity contribution in [1.82, 2.24) is 4.90 Å². The number of aliphatic imine (C=N–C) groups is 1. The standard InChI is InChI=1S/C24H27N3O5S2/c1-4-20-21(23(28)32-3)22(27-13-6-14-33-24(27)25-20)16-7-5-8-17(15-16)26-34(29,30)19-11-9-18(31-2)10-12-19/h5,7-12,15,22,26H,4,6,13-14H2,1-3H3. The zero-order valence-corrected chi connectivity index (χ0v) is 20.9. The lowest BCUT2D eigenvalue weighted by Gasteiger charge is -2.40. The van der Waals surface area contributed by atoms with Gasteiger partial charge in [-0.25, -0.2) is 18.2 Å². The maximum atomic E-state index is 13.0. The minimum absolute atomic E-state index is 0.127. The SMILES string of the molecule is CCC1=C(C(=O)OC)C(c2cccc(NS(=O)(=O)c3ccc(OC)cc3)c2)N2CCCSC2=N1. The molecule has 0 aromatic heterocycles. The number of sulfonamides is 1. The topological polar surface area (TPSA) is 97.3 Å². The zero-order valence-electron chi connectivity index (χ0n) is 19.3. The number of carbonyl (C=O) groups excluding carboxylic acids is 1. The molecule has 0 aliphatic carbocycles. The predicted molar refractivity (Wildman–Crippen MR) is 134 cm³/mol. The molecule has 1 saturated heterocycles. The molecule has 0 amide bonds. The third kappa shape index (κ3) is 4.78. The number of allylic oxidation sites excluding steroid dienone is 1. The van der Waals surface area contributed by atoms with Gasteiger partial charge < -0.3 is 14.4 Å². The Morgan fingerprint density at radius 1 is 1.21 bits per heavy atom. The van der Waals surface area contributed by atoms with E-state index in [0.29, 0.717) is 29.1 Å². The molecule has 0 saturated carbocycles. The molecule has 2 aliphatic heterocycles. The van der Waals surface area contributed by atoms with Gasteiger partial charge in [0.15, 0.2) is 5.17 Å². The van der Waals surface area contributed by atoms with Crippen molar-refractivity contribution in [2.45, 2.75) is 30.7 Å². The molecule has 1 N–H and O–H groups in total. The molecule has 34 heavy (non-hydrogen) atoms. The van der Waals surface area contributed by atoms with E-state index in [0.717, 1.165) is 29.4 Å². The number of thioether (sulfide) groups is 1. The second kappa shape index (κ2) is 10.1. The van der Waals surface area contributed by atoms with Crippen LogP contribution in [-0.2, 0) is 19.6 Å². The molecule has 0 radical (unpaired) electrons. The molecule has 1 unspecified atom stereocenters. The third-order valence-corrected chi connectivity index (χ3v) is 8.19. The number of ether oxygens (including phenoxy) is 2. The van der Waals surface area contributed by atoms with E-state index in [2.05, 4.69) is 9.62 Å². The maximum Gasteiger partial charge on any atom is 0.338 e. The van der Waals surface area contributed by atoms with Crippen molar-refractivity contribution in [2.24, 2.45) is 4.99 Å². The van der Waals surface area contributed by atoms with Crippen LogP contribution in [-0.4, -0.2) is 51.0 Å². The molecule has 2 aliphatic rings. The number of anilines is 1. The first-order chi connectivity index (χ1) is 16.4. The fourth-order valence-electron chi connectivity index (χ4n) is 4.10. The second-order valence-corrected chi connectivity index (χ2v) is 10.5. The van der Waals surface area contributed by atoms with Gasteiger partial charge in [-0.1, -0.05) is 30.8 Å². The van der Waals surface area contributed by atoms with E-state index < -0.39 is 22.0 Å². The number of hydrogen-bond donors (Lipinski definition) is 1. The Balaban J connectivity index is 1.71. The smallest absolute Gasteiger partial charge is 0.338 e. The van der Waals surface area contributed by atoms with Crippen molar-refractivity contribution in [3.8, 4) is 5.75 Å². The van der Waals surface area contributed by atoms with Crippen LogP contribution in [0.5, 0.6) is 5.75 Å². The number of esters is 1. The van der Waals surface area contributed by atoms with Crippen LogP contribution in [0.1, 0.15) is 31.4 Å². The number of nitrogens with one attached hydrogen (secondary N) is 1. The van der Waals surface area contributed by atoms with Crippen LogP contribution in [0.15, 0.2) is 69.7 Å². The van der Waals surface area contributed by atoms with Gasteiger partial charge in [-0.15, -0.1) is 0 Å². The maximum absolute atomic E-state index is 13.0. The van der Waals surface area contributed by atoms with Gasteiger partial charge in [0.2, 0.25) is 0 Å². The molecule has 4 rings (SSSR count). The quantitative estimate of drug-likeness (QED) is 0.569. The van der Waals surface area contributed by atoms with Crippen molar-refractivity contribution in [1.29, 1.82) is 0 Å². The molecule has 1 atom stereocenters. The lowest BCUT2D eigenvalue weighted by molar-refractivity contribution is -0.136. The van der Waals surface area contributed by atoms with Gasteiger partial charge in [-0.2, -0.15) is 0 Å². The van der Waals surface area contributed by atoms with E-state index in [-0.39, 0.29) is 4.90 Å². The van der Waals surface area contributed by atoms with E-state index >= 15 is 0 Å². The van der Waals surface area contributed by atoms with Gasteiger partial charge in [0.05, 0.1) is 36.4 Å². The predicted octanol–water partition coefficient (Wildman–Crippen LogP) is 4.18. The van der Waals surface area contributed by atoms with Crippen LogP contribution >= 0.6 is 11.8 Å². The van der Waals surface area contributed by atoms with Gasteiger partial charge in [-0.05, 0) is 54.8 Å². The summed E-state index contributed by atoms with van der Waals surface area (Å²) in [5.74, 6) is 1.11. The van der Waals surface area contributed by atoms with Crippen LogP contribution in [0.4, 0.5) is 5.69 Å². The average molecular weight is 502 g/mol. The summed E-state index contributed by atoms with van der Waals surface area (Å²) in [6, 6.07) is 12.9. The summed E-state index contributed by atoms with van der Waals surface area (Å²) in [7, 11) is -0.921. The van der Waals surface area contributed by atoms with E-state index in [9.17, 15) is 13.2 Å². The normalized spacial score (nSPS) is 18.1. The number of amidine groups is 1. The summed E-state index contributed by atoms with van der Waals surface area (Å²) in [5, 5.41) is 0.880. The number of hydrogen-bond acceptors (Lipinski definition) is 8. The Labute approximate surface area is 204 Å². The molecule has 2 aromatic rings. The molecule has 10 heteroatoms. The molecule has 0 bridgehead atoms. The molecule has 2 aromatic carbocycles. The highest BCUT2D eigenvalue weighted by molar-refractivity contribution is 8.13. The molecule has 2 heterocycles. The van der Waals surface area contributed by atoms with Crippen molar-refractivity contribution < 1.29 is 22.7 Å². The summed E-state index contributed by atoms with van der Waals surface area (Å²) >= 11 is 1.67. The van der Waals surface area contributed by atoms with Gasteiger partial charge in [0.25, 0.3) is 10.0 Å². The minimum Gasteiger partial charge on any atom is -0.497 e. The zero-order chi connectivity index (χ0) is 24.3. The first-order valence-electron chi connectivity index (χ1n) is 10.9. The molecule has 180 valence electrons. The summed E-state index contributed by atoms with van der Waals surface area (Å²) in [6.45, 7) is 2.71. The van der Waals surface area contributed by atoms with Crippen LogP contribution in [0.3, 0.4) is 0 Å². The molecular weight excluding hydrogens is 474 g/mol. The largest absolute Gasteiger partial charge is 0.497 e. The second-order valence-electron chi connectivity index (χ2n) is 7.80. The summed E-state index contributed by atoms with van der Waals surface area (Å²) in [6.07, 6.45) is 1.54. The monoisotopic (exact) mass is 501 g/mol. The number of nitrogens with zero attached hydrogens (tertiary/aromatic N) is 2. The number of fused-ring (bicyclic) bond motifs is 1. The van der Waals surface area contributed by atoms with E-state index in [4.69, 9.17) is 14.5 Å². The first-order valence-corrected chi connectivity index (χ1v) is 13.4. The van der Waals surface area contributed by atoms with Gasteiger partial charge in [-0.3, -0.25) is 4.72 Å². The van der Waals surface area contributed by atoms with E-state index in [1.54, 1.807) is 42.1 Å². The lowest BCUT2D eigenvalue weighted by Crippen LogP contribution is -2.42. The van der Waals surface area contributed by atoms with Crippen LogP contribution in [0.2, 0.25) is 0 Å². The van der Waals surface area contributed by atoms with Crippen molar-refractivity contribution in [2.75, 3.05) is 31.2 Å². The van der Waals surface area contributed by atoms with Crippen LogP contribution in [0.25, 0.3) is 0 Å².